The third-order valence-electron chi connectivity index (χ3n) is 2.28. The molecule has 0 spiro atoms. The molecule has 1 aromatic heterocycles. The van der Waals surface area contributed by atoms with Crippen LogP contribution in [0, 0.1) is 0 Å². The van der Waals surface area contributed by atoms with E-state index in [1.165, 1.54) is 6.26 Å². The summed E-state index contributed by atoms with van der Waals surface area (Å²) < 4.78 is 27.8. The van der Waals surface area contributed by atoms with Crippen molar-refractivity contribution in [2.24, 2.45) is 0 Å². The number of nitrogen functional groups attached to an aromatic ring is 1. The number of pyridine rings is 1. The van der Waals surface area contributed by atoms with Gasteiger partial charge in [0.15, 0.2) is 0 Å². The quantitative estimate of drug-likeness (QED) is 0.785. The number of hydrogen-bond acceptors (Lipinski definition) is 6. The van der Waals surface area contributed by atoms with Gasteiger partial charge in [0.1, 0.15) is 15.7 Å². The molecule has 0 bridgehead atoms. The highest BCUT2D eigenvalue weighted by molar-refractivity contribution is 7.90. The Morgan fingerprint density at radius 3 is 2.74 bits per heavy atom. The standard InChI is InChI=1S/C12H21N3O3S/c1-4-7-18-12-10(13)5-6-11(15-12)14-9(2)8-19(3,16)17/h5-6,9H,4,7-8,13H2,1-3H3,(H,14,15). The van der Waals surface area contributed by atoms with Crippen molar-refractivity contribution in [1.29, 1.82) is 0 Å². The predicted octanol–water partition coefficient (Wildman–Crippen LogP) is 1.30. The van der Waals surface area contributed by atoms with Gasteiger partial charge in [-0.2, -0.15) is 4.98 Å². The lowest BCUT2D eigenvalue weighted by Crippen LogP contribution is -2.25. The van der Waals surface area contributed by atoms with E-state index in [2.05, 4.69) is 10.3 Å². The van der Waals surface area contributed by atoms with Gasteiger partial charge in [-0.15, -0.1) is 0 Å². The lowest BCUT2D eigenvalue weighted by molar-refractivity contribution is 0.307. The van der Waals surface area contributed by atoms with Crippen LogP contribution in [-0.4, -0.2) is 38.1 Å². The average Bonchev–Trinajstić information content (AvgIpc) is 2.27. The van der Waals surface area contributed by atoms with Crippen LogP contribution in [0.1, 0.15) is 20.3 Å². The number of aromatic nitrogens is 1. The summed E-state index contributed by atoms with van der Waals surface area (Å²) in [5.74, 6) is 0.972. The number of nitrogens with one attached hydrogen (secondary N) is 1. The maximum atomic E-state index is 11.2. The van der Waals surface area contributed by atoms with Gasteiger partial charge in [-0.05, 0) is 25.5 Å². The van der Waals surface area contributed by atoms with Gasteiger partial charge in [-0.3, -0.25) is 0 Å². The molecular formula is C12H21N3O3S. The first-order valence-corrected chi connectivity index (χ1v) is 8.21. The predicted molar refractivity (Wildman–Crippen MR) is 77.2 cm³/mol. The molecule has 1 unspecified atom stereocenters. The zero-order valence-corrected chi connectivity index (χ0v) is 12.3. The summed E-state index contributed by atoms with van der Waals surface area (Å²) in [5.41, 5.74) is 6.22. The second kappa shape index (κ2) is 6.60. The van der Waals surface area contributed by atoms with E-state index in [0.717, 1.165) is 6.42 Å². The van der Waals surface area contributed by atoms with E-state index in [9.17, 15) is 8.42 Å². The van der Waals surface area contributed by atoms with Crippen molar-refractivity contribution in [2.45, 2.75) is 26.3 Å². The zero-order valence-electron chi connectivity index (χ0n) is 11.5. The molecule has 0 radical (unpaired) electrons. The largest absolute Gasteiger partial charge is 0.476 e. The number of anilines is 2. The van der Waals surface area contributed by atoms with Gasteiger partial charge in [0.05, 0.1) is 18.0 Å². The molecule has 0 saturated heterocycles. The van der Waals surface area contributed by atoms with Gasteiger partial charge in [-0.25, -0.2) is 8.42 Å². The molecule has 1 aromatic rings. The minimum absolute atomic E-state index is 0.0458. The molecule has 1 rings (SSSR count). The highest BCUT2D eigenvalue weighted by atomic mass is 32.2. The third-order valence-corrected chi connectivity index (χ3v) is 3.39. The monoisotopic (exact) mass is 287 g/mol. The summed E-state index contributed by atoms with van der Waals surface area (Å²) in [4.78, 5) is 4.23. The van der Waals surface area contributed by atoms with Gasteiger partial charge in [-0.1, -0.05) is 6.92 Å². The first-order chi connectivity index (χ1) is 8.81. The third kappa shape index (κ3) is 5.78. The Balaban J connectivity index is 2.73. The van der Waals surface area contributed by atoms with Crippen molar-refractivity contribution in [1.82, 2.24) is 4.98 Å². The summed E-state index contributed by atoms with van der Waals surface area (Å²) in [7, 11) is -3.02. The Hall–Kier alpha value is -1.50. The van der Waals surface area contributed by atoms with Crippen LogP contribution in [0.15, 0.2) is 12.1 Å². The topological polar surface area (TPSA) is 94.3 Å². The fourth-order valence-electron chi connectivity index (χ4n) is 1.59. The Morgan fingerprint density at radius 1 is 1.47 bits per heavy atom. The number of ether oxygens (including phenoxy) is 1. The average molecular weight is 287 g/mol. The molecule has 0 fully saturated rings. The first-order valence-electron chi connectivity index (χ1n) is 6.15. The molecule has 0 aliphatic carbocycles. The lowest BCUT2D eigenvalue weighted by atomic mass is 10.3. The van der Waals surface area contributed by atoms with Crippen molar-refractivity contribution >= 4 is 21.3 Å². The van der Waals surface area contributed by atoms with Crippen molar-refractivity contribution in [2.75, 3.05) is 29.7 Å². The van der Waals surface area contributed by atoms with E-state index < -0.39 is 9.84 Å². The molecule has 1 heterocycles. The highest BCUT2D eigenvalue weighted by Crippen LogP contribution is 2.21. The molecule has 6 nitrogen and oxygen atoms in total. The number of sulfone groups is 1. The van der Waals surface area contributed by atoms with Crippen molar-refractivity contribution in [3.63, 3.8) is 0 Å². The second-order valence-corrected chi connectivity index (χ2v) is 6.76. The van der Waals surface area contributed by atoms with Gasteiger partial charge in [0.25, 0.3) is 0 Å². The van der Waals surface area contributed by atoms with Crippen molar-refractivity contribution in [3.05, 3.63) is 12.1 Å². The summed E-state index contributed by atoms with van der Waals surface area (Å²) >= 11 is 0. The van der Waals surface area contributed by atoms with Crippen LogP contribution < -0.4 is 15.8 Å². The molecule has 1 atom stereocenters. The lowest BCUT2D eigenvalue weighted by Gasteiger charge is -2.15. The zero-order chi connectivity index (χ0) is 14.5. The van der Waals surface area contributed by atoms with Crippen LogP contribution in [0.5, 0.6) is 5.88 Å². The van der Waals surface area contributed by atoms with Gasteiger partial charge >= 0.3 is 0 Å². The Kier molecular flexibility index (Phi) is 5.41. The van der Waals surface area contributed by atoms with Crippen LogP contribution in [0.25, 0.3) is 0 Å². The van der Waals surface area contributed by atoms with Crippen molar-refractivity contribution < 1.29 is 13.2 Å². The number of nitrogens with zero attached hydrogens (tertiary/aromatic N) is 1. The van der Waals surface area contributed by atoms with E-state index in [4.69, 9.17) is 10.5 Å². The molecule has 0 aliphatic rings. The molecule has 0 amide bonds. The maximum Gasteiger partial charge on any atom is 0.239 e. The number of hydrogen-bond donors (Lipinski definition) is 2. The minimum Gasteiger partial charge on any atom is -0.476 e. The fraction of sp³-hybridized carbons (Fsp3) is 0.583. The molecule has 108 valence electrons. The molecule has 0 aliphatic heterocycles. The van der Waals surface area contributed by atoms with Crippen molar-refractivity contribution in [3.8, 4) is 5.88 Å². The van der Waals surface area contributed by atoms with Gasteiger partial charge in [0, 0.05) is 12.3 Å². The summed E-state index contributed by atoms with van der Waals surface area (Å²) in [6.07, 6.45) is 2.07. The normalized spacial score (nSPS) is 13.0. The van der Waals surface area contributed by atoms with Crippen LogP contribution in [0.4, 0.5) is 11.5 Å². The Bertz CT molecular complexity index is 517. The second-order valence-electron chi connectivity index (χ2n) is 4.58. The Labute approximate surface area is 114 Å². The van der Waals surface area contributed by atoms with E-state index in [1.54, 1.807) is 19.1 Å². The molecule has 19 heavy (non-hydrogen) atoms. The summed E-state index contributed by atoms with van der Waals surface area (Å²) in [6.45, 7) is 4.32. The highest BCUT2D eigenvalue weighted by Gasteiger charge is 2.12. The Morgan fingerprint density at radius 2 is 2.16 bits per heavy atom. The first kappa shape index (κ1) is 15.6. The summed E-state index contributed by atoms with van der Waals surface area (Å²) in [6, 6.07) is 3.16. The van der Waals surface area contributed by atoms with Crippen LogP contribution >= 0.6 is 0 Å². The van der Waals surface area contributed by atoms with Crippen LogP contribution in [0.2, 0.25) is 0 Å². The maximum absolute atomic E-state index is 11.2. The van der Waals surface area contributed by atoms with E-state index in [0.29, 0.717) is 24.0 Å². The SMILES string of the molecule is CCCOc1nc(NC(C)CS(C)(=O)=O)ccc1N. The van der Waals surface area contributed by atoms with E-state index in [-0.39, 0.29) is 11.8 Å². The number of rotatable bonds is 7. The minimum atomic E-state index is -3.02. The smallest absolute Gasteiger partial charge is 0.239 e. The molecule has 0 saturated carbocycles. The molecule has 3 N–H and O–H groups in total. The van der Waals surface area contributed by atoms with Crippen LogP contribution in [-0.2, 0) is 9.84 Å². The molecular weight excluding hydrogens is 266 g/mol. The van der Waals surface area contributed by atoms with E-state index in [1.807, 2.05) is 6.92 Å². The van der Waals surface area contributed by atoms with E-state index >= 15 is 0 Å². The molecule has 0 aromatic carbocycles. The number of nitrogens with two attached hydrogens (primary N) is 1. The molecule has 7 heteroatoms. The van der Waals surface area contributed by atoms with Crippen LogP contribution in [0.3, 0.4) is 0 Å². The fourth-order valence-corrected chi connectivity index (χ4v) is 2.59. The van der Waals surface area contributed by atoms with Gasteiger partial charge < -0.3 is 15.8 Å². The van der Waals surface area contributed by atoms with Gasteiger partial charge in [0.2, 0.25) is 5.88 Å². The summed E-state index contributed by atoms with van der Waals surface area (Å²) in [5, 5.41) is 3.02.